The number of aromatic amines is 1. The molecule has 0 spiro atoms. The lowest BCUT2D eigenvalue weighted by Crippen LogP contribution is -2.22. The van der Waals surface area contributed by atoms with Gasteiger partial charge < -0.3 is 14.2 Å². The largest absolute Gasteiger partial charge is 0.493 e. The lowest BCUT2D eigenvalue weighted by molar-refractivity contribution is 0.326. The van der Waals surface area contributed by atoms with Gasteiger partial charge in [-0.3, -0.25) is 14.5 Å². The molecule has 0 fully saturated rings. The van der Waals surface area contributed by atoms with Crippen LogP contribution in [0.25, 0.3) is 10.9 Å². The minimum absolute atomic E-state index is 0.164. The third kappa shape index (κ3) is 2.66. The Balaban J connectivity index is 2.09. The van der Waals surface area contributed by atoms with Crippen molar-refractivity contribution in [3.05, 3.63) is 40.7 Å². The molecule has 0 saturated carbocycles. The van der Waals surface area contributed by atoms with Crippen molar-refractivity contribution < 1.29 is 14.2 Å². The first kappa shape index (κ1) is 15.9. The highest BCUT2D eigenvalue weighted by Gasteiger charge is 2.19. The summed E-state index contributed by atoms with van der Waals surface area (Å²) in [6, 6.07) is 1.63. The molecule has 0 unspecified atom stereocenters. The summed E-state index contributed by atoms with van der Waals surface area (Å²) in [6.07, 6.45) is 5.72. The molecule has 0 saturated heterocycles. The third-order valence-electron chi connectivity index (χ3n) is 3.82. The standard InChI is InChI=1S/C16H18N4O4/c1-22-12-6-11-13(15(24-3)14(12)23-2)17-9-20(16(11)21)5-4-10-7-18-19-8-10/h6-9H,4-5H2,1-3H3,(H,18,19). The molecule has 0 aliphatic rings. The summed E-state index contributed by atoms with van der Waals surface area (Å²) in [5.74, 6) is 1.22. The molecular weight excluding hydrogens is 312 g/mol. The average molecular weight is 330 g/mol. The van der Waals surface area contributed by atoms with Gasteiger partial charge in [0.25, 0.3) is 5.56 Å². The van der Waals surface area contributed by atoms with Gasteiger partial charge >= 0.3 is 0 Å². The Morgan fingerprint density at radius 1 is 1.17 bits per heavy atom. The maximum Gasteiger partial charge on any atom is 0.261 e. The van der Waals surface area contributed by atoms with Crippen LogP contribution in [0.1, 0.15) is 5.56 Å². The summed E-state index contributed by atoms with van der Waals surface area (Å²) < 4.78 is 17.6. The zero-order chi connectivity index (χ0) is 17.1. The highest BCUT2D eigenvalue weighted by atomic mass is 16.5. The number of hydrogen-bond acceptors (Lipinski definition) is 6. The van der Waals surface area contributed by atoms with E-state index in [9.17, 15) is 4.79 Å². The number of methoxy groups -OCH3 is 3. The zero-order valence-electron chi connectivity index (χ0n) is 13.7. The molecule has 0 amide bonds. The SMILES string of the molecule is COc1cc2c(=O)n(CCc3cn[nH]c3)cnc2c(OC)c1OC. The van der Waals surface area contributed by atoms with Crippen LogP contribution in [0.5, 0.6) is 17.2 Å². The van der Waals surface area contributed by atoms with E-state index in [0.717, 1.165) is 5.56 Å². The van der Waals surface area contributed by atoms with Crippen LogP contribution >= 0.6 is 0 Å². The number of fused-ring (bicyclic) bond motifs is 1. The van der Waals surface area contributed by atoms with Crippen molar-refractivity contribution in [3.63, 3.8) is 0 Å². The van der Waals surface area contributed by atoms with Gasteiger partial charge in [0.2, 0.25) is 5.75 Å². The predicted molar refractivity (Wildman–Crippen MR) is 88.0 cm³/mol. The smallest absolute Gasteiger partial charge is 0.261 e. The van der Waals surface area contributed by atoms with Gasteiger partial charge in [0.05, 0.1) is 39.2 Å². The van der Waals surface area contributed by atoms with Crippen molar-refractivity contribution >= 4 is 10.9 Å². The van der Waals surface area contributed by atoms with E-state index in [4.69, 9.17) is 14.2 Å². The van der Waals surface area contributed by atoms with Crippen molar-refractivity contribution in [2.75, 3.05) is 21.3 Å². The Morgan fingerprint density at radius 3 is 2.58 bits per heavy atom. The normalized spacial score (nSPS) is 10.8. The number of ether oxygens (including phenoxy) is 3. The summed E-state index contributed by atoms with van der Waals surface area (Å²) in [5, 5.41) is 7.07. The number of hydrogen-bond donors (Lipinski definition) is 1. The highest BCUT2D eigenvalue weighted by Crippen LogP contribution is 2.41. The van der Waals surface area contributed by atoms with Gasteiger partial charge in [0.1, 0.15) is 5.52 Å². The maximum absolute atomic E-state index is 12.8. The number of aromatic nitrogens is 4. The fourth-order valence-electron chi connectivity index (χ4n) is 2.59. The van der Waals surface area contributed by atoms with Crippen LogP contribution in [0.15, 0.2) is 29.6 Å². The van der Waals surface area contributed by atoms with E-state index in [2.05, 4.69) is 15.2 Å². The first-order valence-electron chi connectivity index (χ1n) is 7.35. The van der Waals surface area contributed by atoms with Gasteiger partial charge in [0, 0.05) is 12.7 Å². The topological polar surface area (TPSA) is 91.3 Å². The Bertz CT molecular complexity index is 903. The molecule has 2 aromatic heterocycles. The molecule has 8 heteroatoms. The van der Waals surface area contributed by atoms with E-state index >= 15 is 0 Å². The molecule has 24 heavy (non-hydrogen) atoms. The quantitative estimate of drug-likeness (QED) is 0.734. The molecule has 0 aliphatic heterocycles. The summed E-state index contributed by atoms with van der Waals surface area (Å²) in [5.41, 5.74) is 1.30. The molecular formula is C16H18N4O4. The first-order valence-corrected chi connectivity index (χ1v) is 7.35. The zero-order valence-corrected chi connectivity index (χ0v) is 13.7. The van der Waals surface area contributed by atoms with E-state index in [1.54, 1.807) is 23.0 Å². The number of nitrogens with zero attached hydrogens (tertiary/aromatic N) is 3. The first-order chi connectivity index (χ1) is 11.7. The number of benzene rings is 1. The van der Waals surface area contributed by atoms with Gasteiger partial charge in [-0.05, 0) is 18.1 Å². The van der Waals surface area contributed by atoms with E-state index < -0.39 is 0 Å². The number of rotatable bonds is 6. The van der Waals surface area contributed by atoms with Crippen molar-refractivity contribution in [2.45, 2.75) is 13.0 Å². The summed E-state index contributed by atoms with van der Waals surface area (Å²) in [4.78, 5) is 17.1. The second-order valence-corrected chi connectivity index (χ2v) is 5.14. The second kappa shape index (κ2) is 6.61. The molecule has 3 aromatic rings. The van der Waals surface area contributed by atoms with Crippen LogP contribution in [-0.2, 0) is 13.0 Å². The predicted octanol–water partition coefficient (Wildman–Crippen LogP) is 1.39. The van der Waals surface area contributed by atoms with Crippen molar-refractivity contribution in [3.8, 4) is 17.2 Å². The number of nitrogens with one attached hydrogen (secondary N) is 1. The van der Waals surface area contributed by atoms with Crippen LogP contribution in [-0.4, -0.2) is 41.1 Å². The van der Waals surface area contributed by atoms with Crippen molar-refractivity contribution in [1.29, 1.82) is 0 Å². The van der Waals surface area contributed by atoms with E-state index in [0.29, 0.717) is 41.1 Å². The third-order valence-corrected chi connectivity index (χ3v) is 3.82. The highest BCUT2D eigenvalue weighted by molar-refractivity contribution is 5.89. The van der Waals surface area contributed by atoms with Gasteiger partial charge in [-0.2, -0.15) is 5.10 Å². The minimum atomic E-state index is -0.164. The molecule has 0 bridgehead atoms. The number of aryl methyl sites for hydroxylation is 2. The van der Waals surface area contributed by atoms with Gasteiger partial charge in [-0.15, -0.1) is 0 Å². The van der Waals surface area contributed by atoms with Gasteiger partial charge in [-0.25, -0.2) is 4.98 Å². The Morgan fingerprint density at radius 2 is 1.96 bits per heavy atom. The van der Waals surface area contributed by atoms with Gasteiger partial charge in [0.15, 0.2) is 11.5 Å². The van der Waals surface area contributed by atoms with E-state index in [1.807, 2.05) is 0 Å². The monoisotopic (exact) mass is 330 g/mol. The minimum Gasteiger partial charge on any atom is -0.493 e. The Labute approximate surface area is 138 Å². The molecule has 8 nitrogen and oxygen atoms in total. The van der Waals surface area contributed by atoms with Crippen molar-refractivity contribution in [1.82, 2.24) is 19.7 Å². The van der Waals surface area contributed by atoms with Crippen LogP contribution in [0, 0.1) is 0 Å². The molecule has 1 N–H and O–H groups in total. The lowest BCUT2D eigenvalue weighted by atomic mass is 10.2. The lowest BCUT2D eigenvalue weighted by Gasteiger charge is -2.14. The molecule has 0 aliphatic carbocycles. The van der Waals surface area contributed by atoms with E-state index in [-0.39, 0.29) is 5.56 Å². The fourth-order valence-corrected chi connectivity index (χ4v) is 2.59. The number of H-pyrrole nitrogens is 1. The molecule has 3 rings (SSSR count). The second-order valence-electron chi connectivity index (χ2n) is 5.14. The van der Waals surface area contributed by atoms with Crippen LogP contribution < -0.4 is 19.8 Å². The maximum atomic E-state index is 12.8. The van der Waals surface area contributed by atoms with Gasteiger partial charge in [-0.1, -0.05) is 0 Å². The Hall–Kier alpha value is -3.03. The Kier molecular flexibility index (Phi) is 4.37. The summed E-state index contributed by atoms with van der Waals surface area (Å²) in [7, 11) is 4.53. The summed E-state index contributed by atoms with van der Waals surface area (Å²) in [6.45, 7) is 0.498. The van der Waals surface area contributed by atoms with E-state index in [1.165, 1.54) is 27.7 Å². The molecule has 126 valence electrons. The molecule has 1 aromatic carbocycles. The van der Waals surface area contributed by atoms with Crippen LogP contribution in [0.4, 0.5) is 0 Å². The van der Waals surface area contributed by atoms with Crippen molar-refractivity contribution in [2.24, 2.45) is 0 Å². The fraction of sp³-hybridized carbons (Fsp3) is 0.312. The summed E-state index contributed by atoms with van der Waals surface area (Å²) >= 11 is 0. The molecule has 0 radical (unpaired) electrons. The van der Waals surface area contributed by atoms with Crippen LogP contribution in [0.2, 0.25) is 0 Å². The van der Waals surface area contributed by atoms with Crippen LogP contribution in [0.3, 0.4) is 0 Å². The molecule has 2 heterocycles. The average Bonchev–Trinajstić information content (AvgIpc) is 3.13. The molecule has 0 atom stereocenters.